The van der Waals surface area contributed by atoms with E-state index in [0.29, 0.717) is 0 Å². The highest BCUT2D eigenvalue weighted by Gasteiger charge is 2.02. The van der Waals surface area contributed by atoms with Gasteiger partial charge in [0.1, 0.15) is 4.84 Å². The molecule has 0 aromatic carbocycles. The predicted octanol–water partition coefficient (Wildman–Crippen LogP) is 2.40. The zero-order chi connectivity index (χ0) is 5.15. The first-order valence-electron chi connectivity index (χ1n) is 1.73. The van der Waals surface area contributed by atoms with Crippen LogP contribution in [0.2, 0.25) is 0 Å². The van der Waals surface area contributed by atoms with Crippen LogP contribution in [-0.4, -0.2) is 4.84 Å². The van der Waals surface area contributed by atoms with E-state index < -0.39 is 0 Å². The summed E-state index contributed by atoms with van der Waals surface area (Å²) in [6.07, 6.45) is 0. The van der Waals surface area contributed by atoms with Crippen molar-refractivity contribution in [2.24, 2.45) is 0 Å². The molecule has 0 aliphatic heterocycles. The first kappa shape index (κ1) is 6.58. The molecule has 0 aromatic heterocycles. The fourth-order valence-corrected chi connectivity index (χ4v) is 0. The highest BCUT2D eigenvalue weighted by atomic mass is 35.5. The van der Waals surface area contributed by atoms with E-state index in [1.54, 1.807) is 0 Å². The number of alkyl halides is 2. The average Bonchev–Trinajstić information content (AvgIpc) is 1.36. The van der Waals surface area contributed by atoms with E-state index in [1.807, 2.05) is 13.8 Å². The third-order valence-electron chi connectivity index (χ3n) is 0.436. The first-order chi connectivity index (χ1) is 2.64. The van der Waals surface area contributed by atoms with E-state index in [-0.39, 0.29) is 4.84 Å². The van der Waals surface area contributed by atoms with Gasteiger partial charge in [0.25, 0.3) is 0 Å². The van der Waals surface area contributed by atoms with Gasteiger partial charge in [-0.1, -0.05) is 13.8 Å². The Labute approximate surface area is 48.4 Å². The van der Waals surface area contributed by atoms with Crippen molar-refractivity contribution in [3.05, 3.63) is 5.92 Å². The summed E-state index contributed by atoms with van der Waals surface area (Å²) in [5.74, 6) is 1.04. The molecule has 0 spiro atoms. The van der Waals surface area contributed by atoms with E-state index in [2.05, 4.69) is 0 Å². The van der Waals surface area contributed by atoms with Gasteiger partial charge in [-0.2, -0.15) is 0 Å². The zero-order valence-electron chi connectivity index (χ0n) is 3.83. The van der Waals surface area contributed by atoms with Gasteiger partial charge in [-0.05, 0) is 0 Å². The molecule has 2 heteroatoms. The minimum Gasteiger partial charge on any atom is -0.105 e. The summed E-state index contributed by atoms with van der Waals surface area (Å²) in [7, 11) is 0. The molecule has 0 nitrogen and oxygen atoms in total. The maximum Gasteiger partial charge on any atom is 0.113 e. The van der Waals surface area contributed by atoms with E-state index >= 15 is 0 Å². The second-order valence-corrected chi connectivity index (χ2v) is 2.47. The summed E-state index contributed by atoms with van der Waals surface area (Å²) in [5.41, 5.74) is 0. The number of halogens is 2. The lowest BCUT2D eigenvalue weighted by Crippen LogP contribution is -1.93. The number of rotatable bonds is 1. The van der Waals surface area contributed by atoms with Crippen LogP contribution in [0, 0.1) is 5.92 Å². The zero-order valence-corrected chi connectivity index (χ0v) is 5.35. The molecular weight excluding hydrogens is 119 g/mol. The summed E-state index contributed by atoms with van der Waals surface area (Å²) >= 11 is 10.7. The Bertz CT molecular complexity index is 26.5. The molecule has 0 saturated carbocycles. The summed E-state index contributed by atoms with van der Waals surface area (Å²) in [6, 6.07) is 0. The van der Waals surface area contributed by atoms with Gasteiger partial charge < -0.3 is 0 Å². The molecule has 0 atom stereocenters. The van der Waals surface area contributed by atoms with Gasteiger partial charge >= 0.3 is 0 Å². The predicted molar refractivity (Wildman–Crippen MR) is 30.1 cm³/mol. The van der Waals surface area contributed by atoms with Crippen LogP contribution < -0.4 is 0 Å². The molecule has 0 bridgehead atoms. The van der Waals surface area contributed by atoms with Gasteiger partial charge in [-0.15, -0.1) is 23.2 Å². The molecule has 0 fully saturated rings. The molecular formula is C4H7Cl2. The van der Waals surface area contributed by atoms with Crippen molar-refractivity contribution < 1.29 is 0 Å². The van der Waals surface area contributed by atoms with Gasteiger partial charge in [0.2, 0.25) is 0 Å². The largest absolute Gasteiger partial charge is 0.113 e. The summed E-state index contributed by atoms with van der Waals surface area (Å²) in [4.78, 5) is -0.287. The van der Waals surface area contributed by atoms with Crippen LogP contribution in [0.5, 0.6) is 0 Å². The van der Waals surface area contributed by atoms with E-state index in [0.717, 1.165) is 5.92 Å². The van der Waals surface area contributed by atoms with E-state index in [1.165, 1.54) is 0 Å². The van der Waals surface area contributed by atoms with Crippen LogP contribution in [0.4, 0.5) is 0 Å². The van der Waals surface area contributed by atoms with Gasteiger partial charge in [0, 0.05) is 5.92 Å². The van der Waals surface area contributed by atoms with E-state index in [9.17, 15) is 0 Å². The molecule has 0 N–H and O–H groups in total. The molecule has 0 amide bonds. The fraction of sp³-hybridized carbons (Fsp3) is 0.750. The third kappa shape index (κ3) is 2.80. The molecule has 0 aliphatic rings. The quantitative estimate of drug-likeness (QED) is 0.473. The molecule has 0 aliphatic carbocycles. The molecule has 0 saturated heterocycles. The minimum absolute atomic E-state index is 0.287. The van der Waals surface area contributed by atoms with Crippen molar-refractivity contribution in [1.29, 1.82) is 0 Å². The summed E-state index contributed by atoms with van der Waals surface area (Å²) in [5, 5.41) is 0. The lowest BCUT2D eigenvalue weighted by Gasteiger charge is -1.99. The Morgan fingerprint density at radius 1 is 1.33 bits per heavy atom. The normalized spacial score (nSPS) is 11.0. The van der Waals surface area contributed by atoms with Crippen molar-refractivity contribution in [2.45, 2.75) is 18.7 Å². The molecule has 0 unspecified atom stereocenters. The van der Waals surface area contributed by atoms with Crippen molar-refractivity contribution in [1.82, 2.24) is 0 Å². The van der Waals surface area contributed by atoms with Gasteiger partial charge in [-0.25, -0.2) is 0 Å². The maximum atomic E-state index is 5.34. The van der Waals surface area contributed by atoms with Crippen LogP contribution in [0.3, 0.4) is 0 Å². The Balaban J connectivity index is 2.99. The minimum atomic E-state index is -0.287. The van der Waals surface area contributed by atoms with Crippen LogP contribution in [0.15, 0.2) is 0 Å². The summed E-state index contributed by atoms with van der Waals surface area (Å²) < 4.78 is 0. The van der Waals surface area contributed by atoms with Crippen LogP contribution in [-0.2, 0) is 0 Å². The maximum absolute atomic E-state index is 5.34. The van der Waals surface area contributed by atoms with Crippen LogP contribution >= 0.6 is 23.2 Å². The topological polar surface area (TPSA) is 0 Å². The smallest absolute Gasteiger partial charge is 0.105 e. The SMILES string of the molecule is C[C](C)C(Cl)Cl. The van der Waals surface area contributed by atoms with Crippen molar-refractivity contribution >= 4 is 23.2 Å². The molecule has 37 valence electrons. The Kier molecular flexibility index (Phi) is 2.96. The van der Waals surface area contributed by atoms with Gasteiger partial charge in [-0.3, -0.25) is 0 Å². The Morgan fingerprint density at radius 2 is 1.50 bits per heavy atom. The molecule has 6 heavy (non-hydrogen) atoms. The first-order valence-corrected chi connectivity index (χ1v) is 2.60. The van der Waals surface area contributed by atoms with Crippen LogP contribution in [0.1, 0.15) is 13.8 Å². The second-order valence-electron chi connectivity index (χ2n) is 1.38. The Morgan fingerprint density at radius 3 is 1.50 bits per heavy atom. The Hall–Kier alpha value is 0.580. The van der Waals surface area contributed by atoms with Gasteiger partial charge in [0.15, 0.2) is 0 Å². The lowest BCUT2D eigenvalue weighted by atomic mass is 10.3. The average molecular weight is 126 g/mol. The number of hydrogen-bond acceptors (Lipinski definition) is 0. The van der Waals surface area contributed by atoms with Crippen molar-refractivity contribution in [3.63, 3.8) is 0 Å². The monoisotopic (exact) mass is 125 g/mol. The van der Waals surface area contributed by atoms with Crippen molar-refractivity contribution in [3.8, 4) is 0 Å². The lowest BCUT2D eigenvalue weighted by molar-refractivity contribution is 1.06. The van der Waals surface area contributed by atoms with Crippen LogP contribution in [0.25, 0.3) is 0 Å². The summed E-state index contributed by atoms with van der Waals surface area (Å²) in [6.45, 7) is 3.79. The second kappa shape index (κ2) is 2.70. The van der Waals surface area contributed by atoms with Crippen molar-refractivity contribution in [2.75, 3.05) is 0 Å². The number of hydrogen-bond donors (Lipinski definition) is 0. The van der Waals surface area contributed by atoms with Gasteiger partial charge in [0.05, 0.1) is 0 Å². The third-order valence-corrected chi connectivity index (χ3v) is 1.31. The molecule has 0 heterocycles. The molecule has 0 rings (SSSR count). The molecule has 0 aromatic rings. The highest BCUT2D eigenvalue weighted by Crippen LogP contribution is 2.14. The standard InChI is InChI=1S/C4H7Cl2/c1-3(2)4(5)6/h4H,1-2H3. The fourth-order valence-electron chi connectivity index (χ4n) is 0. The molecule has 1 radical (unpaired) electrons. The highest BCUT2D eigenvalue weighted by molar-refractivity contribution is 6.45. The van der Waals surface area contributed by atoms with E-state index in [4.69, 9.17) is 23.2 Å².